The second-order valence-corrected chi connectivity index (χ2v) is 21.7. The van der Waals surface area contributed by atoms with Gasteiger partial charge in [0, 0.05) is 23.3 Å². The zero-order valence-corrected chi connectivity index (χ0v) is 45.9. The van der Waals surface area contributed by atoms with Gasteiger partial charge in [-0.1, -0.05) is 176 Å². The van der Waals surface area contributed by atoms with Gasteiger partial charge in [-0.15, -0.1) is 79.2 Å². The molecule has 8 aromatic carbocycles. The van der Waals surface area contributed by atoms with E-state index in [4.69, 9.17) is 46.4 Å². The third-order valence-corrected chi connectivity index (χ3v) is 15.3. The van der Waals surface area contributed by atoms with Crippen molar-refractivity contribution in [3.05, 3.63) is 211 Å². The highest BCUT2D eigenvalue weighted by atomic mass is 35.5. The van der Waals surface area contributed by atoms with Crippen molar-refractivity contribution in [1.29, 1.82) is 0 Å². The Kier molecular flexibility index (Phi) is 14.9. The van der Waals surface area contributed by atoms with Crippen molar-refractivity contribution in [2.75, 3.05) is 10.7 Å². The van der Waals surface area contributed by atoms with E-state index >= 15 is 0 Å². The number of hydrogen-bond donors (Lipinski definition) is 0. The number of rotatable bonds is 6. The van der Waals surface area contributed by atoms with Crippen molar-refractivity contribution >= 4 is 126 Å². The first-order valence-corrected chi connectivity index (χ1v) is 26.5. The van der Waals surface area contributed by atoms with Gasteiger partial charge in [0.25, 0.3) is 0 Å². The molecule has 10 rings (SSSR count). The van der Waals surface area contributed by atoms with Crippen LogP contribution in [0.5, 0.6) is 0 Å². The monoisotopic (exact) mass is 998 g/mol. The number of alkyl halides is 4. The van der Waals surface area contributed by atoms with E-state index in [0.29, 0.717) is 0 Å². The van der Waals surface area contributed by atoms with E-state index < -0.39 is 12.6 Å². The molecule has 0 unspecified atom stereocenters. The fourth-order valence-corrected chi connectivity index (χ4v) is 14.0. The summed E-state index contributed by atoms with van der Waals surface area (Å²) in [6.45, 7) is 27.6. The molecule has 0 bridgehead atoms. The Labute approximate surface area is 437 Å². The summed E-state index contributed by atoms with van der Waals surface area (Å²) in [6, 6.07) is 51.7. The topological polar surface area (TPSA) is 6.02 Å². The molecule has 2 aliphatic rings. The van der Waals surface area contributed by atoms with Crippen LogP contribution in [-0.2, 0) is 0 Å². The molecule has 356 valence electrons. The maximum absolute atomic E-state index is 4.76. The fourth-order valence-electron chi connectivity index (χ4n) is 14.0. The first-order chi connectivity index (χ1) is 33.5. The highest BCUT2D eigenvalue weighted by Crippen LogP contribution is 2.39. The van der Waals surface area contributed by atoms with Gasteiger partial charge in [-0.05, 0) is 95.2 Å². The first-order valence-electron chi connectivity index (χ1n) is 24.4. The minimum Gasteiger partial charge on any atom is -0.408 e. The van der Waals surface area contributed by atoms with Crippen LogP contribution in [0.3, 0.4) is 0 Å². The minimum absolute atomic E-state index is 0.194. The van der Waals surface area contributed by atoms with E-state index in [1.807, 2.05) is 0 Å². The van der Waals surface area contributed by atoms with Crippen LogP contribution in [0.4, 0.5) is 11.4 Å². The Morgan fingerprint density at radius 2 is 0.571 bits per heavy atom. The Morgan fingerprint density at radius 1 is 0.329 bits per heavy atom. The van der Waals surface area contributed by atoms with Crippen LogP contribution in [-0.4, -0.2) is 44.6 Å². The van der Waals surface area contributed by atoms with Crippen LogP contribution in [0.1, 0.15) is 77.9 Å². The number of fused-ring (bicyclic) bond motifs is 3. The van der Waals surface area contributed by atoms with E-state index in [9.17, 15) is 0 Å². The van der Waals surface area contributed by atoms with Crippen LogP contribution in [0.25, 0.3) is 10.8 Å². The number of benzene rings is 8. The zero-order valence-electron chi connectivity index (χ0n) is 42.8. The summed E-state index contributed by atoms with van der Waals surface area (Å²) in [4.78, 5) is 0. The molecule has 2 aliphatic heterocycles. The fraction of sp³-hybridized carbons (Fsp3) is 0.226. The molecule has 0 fully saturated rings. The second-order valence-electron chi connectivity index (χ2n) is 20.1. The summed E-state index contributed by atoms with van der Waals surface area (Å²) < 4.78 is 5.44. The Balaban J connectivity index is 0.00000105. The van der Waals surface area contributed by atoms with Crippen molar-refractivity contribution in [2.24, 2.45) is 0 Å². The lowest BCUT2D eigenvalue weighted by Gasteiger charge is -2.41. The van der Waals surface area contributed by atoms with Crippen LogP contribution >= 0.6 is 46.4 Å². The minimum atomic E-state index is -1.72. The maximum atomic E-state index is 4.76. The molecular formula is C62H64B2Cl4N2. The number of nitrogens with zero attached hydrogens (tertiary/aromatic N) is 2. The zero-order chi connectivity index (χ0) is 50.4. The molecule has 0 aromatic heterocycles. The van der Waals surface area contributed by atoms with E-state index in [1.54, 1.807) is 0 Å². The molecule has 8 heteroatoms. The molecule has 0 N–H and O–H groups in total. The predicted molar refractivity (Wildman–Crippen MR) is 312 cm³/mol. The first kappa shape index (κ1) is 51.0. The van der Waals surface area contributed by atoms with Gasteiger partial charge in [-0.25, -0.2) is 0 Å². The number of hydrogen-bond acceptors (Lipinski definition) is 0. The summed E-state index contributed by atoms with van der Waals surface area (Å²) in [6.07, 6.45) is 1.51. The highest BCUT2D eigenvalue weighted by Gasteiger charge is 2.54. The maximum Gasteiger partial charge on any atom is 0.362 e. The van der Waals surface area contributed by atoms with E-state index in [0.717, 1.165) is 0 Å². The Hall–Kier alpha value is -5.35. The van der Waals surface area contributed by atoms with Gasteiger partial charge in [0.1, 0.15) is 12.4 Å². The Bertz CT molecular complexity index is 2990. The van der Waals surface area contributed by atoms with Crippen molar-refractivity contribution < 1.29 is 8.97 Å². The van der Waals surface area contributed by atoms with Gasteiger partial charge in [-0.3, -0.25) is 0 Å². The Morgan fingerprint density at radius 3 is 0.829 bits per heavy atom. The summed E-state index contributed by atoms with van der Waals surface area (Å²) in [5.74, 6) is 0. The smallest absolute Gasteiger partial charge is 0.362 e. The van der Waals surface area contributed by atoms with Gasteiger partial charge in [0.05, 0.1) is 21.5 Å². The molecule has 70 heavy (non-hydrogen) atoms. The molecule has 0 radical (unpaired) electrons. The van der Waals surface area contributed by atoms with Crippen molar-refractivity contribution in [2.45, 2.75) is 83.1 Å². The molecule has 0 saturated carbocycles. The molecule has 2 nitrogen and oxygen atoms in total. The van der Waals surface area contributed by atoms with Gasteiger partial charge >= 0.3 is 12.6 Å². The average molecular weight is 1000 g/mol. The molecule has 8 aromatic rings. The summed E-state index contributed by atoms with van der Waals surface area (Å²) in [5.41, 5.74) is 29.2. The lowest BCUT2D eigenvalue weighted by Crippen LogP contribution is -2.74. The molecule has 2 heterocycles. The molecule has 0 amide bonds. The van der Waals surface area contributed by atoms with Crippen molar-refractivity contribution in [3.8, 4) is 0 Å². The average Bonchev–Trinajstić information content (AvgIpc) is 3.79. The van der Waals surface area contributed by atoms with Crippen LogP contribution in [0, 0.1) is 83.1 Å². The quantitative estimate of drug-likeness (QED) is 0.116. The molecule has 0 atom stereocenters. The second kappa shape index (κ2) is 20.4. The van der Waals surface area contributed by atoms with Gasteiger partial charge in [-0.2, -0.15) is 0 Å². The molecule has 0 spiro atoms. The van der Waals surface area contributed by atoms with Crippen molar-refractivity contribution in [1.82, 2.24) is 0 Å². The summed E-state index contributed by atoms with van der Waals surface area (Å²) >= 11 is 19.1. The number of halogens is 4. The van der Waals surface area contributed by atoms with Gasteiger partial charge in [0.2, 0.25) is 0 Å². The normalized spacial score (nSPS) is 13.9. The molecule has 0 aliphatic carbocycles. The predicted octanol–water partition coefficient (Wildman–Crippen LogP) is 12.9. The van der Waals surface area contributed by atoms with E-state index in [1.165, 1.54) is 133 Å². The van der Waals surface area contributed by atoms with Crippen LogP contribution in [0.2, 0.25) is 0 Å². The van der Waals surface area contributed by atoms with Crippen LogP contribution < -0.4 is 32.8 Å². The summed E-state index contributed by atoms with van der Waals surface area (Å²) in [7, 11) is 0. The lowest BCUT2D eigenvalue weighted by molar-refractivity contribution is -0.279. The third-order valence-electron chi connectivity index (χ3n) is 15.3. The van der Waals surface area contributed by atoms with E-state index in [-0.39, 0.29) is 10.7 Å². The lowest BCUT2D eigenvalue weighted by atomic mass is 9.22. The SMILES string of the molecule is Cc1cc(C)c([B-]2(c3c(C)cc(C)cc3C)c3ccccc3C=[N+]2c2cccc3c([N+]4=Cc5ccccc5[B-]4(c4c(C)cc(C)cc4C)c4c(C)cc(C)cc4C)cccc23)c(C)c1.ClCCl.ClCCl. The van der Waals surface area contributed by atoms with Crippen LogP contribution in [0.15, 0.2) is 133 Å². The van der Waals surface area contributed by atoms with Gasteiger partial charge < -0.3 is 8.97 Å². The van der Waals surface area contributed by atoms with E-state index in [2.05, 4.69) is 238 Å². The number of aryl methyl sites for hydroxylation is 12. The summed E-state index contributed by atoms with van der Waals surface area (Å²) in [5, 5.41) is 2.87. The molecule has 0 saturated heterocycles. The largest absolute Gasteiger partial charge is 0.408 e. The highest BCUT2D eigenvalue weighted by molar-refractivity contribution is 7.09. The third kappa shape index (κ3) is 8.37. The molecular weight excluding hydrogens is 936 g/mol. The van der Waals surface area contributed by atoms with Crippen molar-refractivity contribution in [3.63, 3.8) is 0 Å². The van der Waals surface area contributed by atoms with Gasteiger partial charge in [0.15, 0.2) is 11.4 Å². The standard InChI is InChI=1S/C60H60B2N2.2CH2Cl2/c1-37-27-41(5)57(42(6)28-37)61(58-43(7)29-38(2)30-44(58)8)53-23-15-13-19-49(53)35-63(61)55-25-17-22-52-51(55)21-18-26-56(52)64-36-50-20-14-16-24-54(50)62(64,59-45(9)31-39(3)32-46(59)10)60-47(11)33-40(4)34-48(60)12;2*2-1-3/h13-36H,1-12H3;2*1H2.